The molecule has 3 N–H and O–H groups in total. The van der Waals surface area contributed by atoms with Gasteiger partial charge in [-0.25, -0.2) is 5.48 Å². The first-order valence-corrected chi connectivity index (χ1v) is 6.98. The topological polar surface area (TPSA) is 78.4 Å². The van der Waals surface area contributed by atoms with Gasteiger partial charge in [0, 0.05) is 18.5 Å². The molecule has 0 radical (unpaired) electrons. The lowest BCUT2D eigenvalue weighted by Gasteiger charge is -2.05. The Kier molecular flexibility index (Phi) is 8.07. The third-order valence-electron chi connectivity index (χ3n) is 2.95. The molecule has 5 heteroatoms. The number of amides is 2. The van der Waals surface area contributed by atoms with Gasteiger partial charge < -0.3 is 5.32 Å². The van der Waals surface area contributed by atoms with Crippen molar-refractivity contribution in [2.45, 2.75) is 44.9 Å². The van der Waals surface area contributed by atoms with E-state index in [4.69, 9.17) is 5.21 Å². The molecule has 0 aromatic carbocycles. The van der Waals surface area contributed by atoms with Crippen molar-refractivity contribution in [1.82, 2.24) is 10.8 Å². The maximum atomic E-state index is 11.7. The first-order valence-electron chi connectivity index (χ1n) is 6.98. The van der Waals surface area contributed by atoms with Crippen LogP contribution in [-0.4, -0.2) is 17.0 Å². The summed E-state index contributed by atoms with van der Waals surface area (Å²) in [6.07, 6.45) is 14.8. The Labute approximate surface area is 119 Å². The molecule has 20 heavy (non-hydrogen) atoms. The van der Waals surface area contributed by atoms with Crippen LogP contribution in [0.5, 0.6) is 0 Å². The van der Waals surface area contributed by atoms with Crippen molar-refractivity contribution in [1.29, 1.82) is 0 Å². The first-order chi connectivity index (χ1) is 9.72. The second-order valence-electron chi connectivity index (χ2n) is 4.69. The highest BCUT2D eigenvalue weighted by molar-refractivity contribution is 5.78. The third-order valence-corrected chi connectivity index (χ3v) is 2.95. The van der Waals surface area contributed by atoms with E-state index in [2.05, 4.69) is 5.32 Å². The predicted octanol–water partition coefficient (Wildman–Crippen LogP) is 2.35. The minimum Gasteiger partial charge on any atom is -0.326 e. The molecule has 0 aliphatic heterocycles. The van der Waals surface area contributed by atoms with Crippen LogP contribution >= 0.6 is 0 Å². The molecule has 0 bridgehead atoms. The molecule has 110 valence electrons. The van der Waals surface area contributed by atoms with E-state index in [1.807, 2.05) is 30.4 Å². The van der Waals surface area contributed by atoms with E-state index in [9.17, 15) is 9.59 Å². The molecular weight excluding hydrogens is 256 g/mol. The van der Waals surface area contributed by atoms with Gasteiger partial charge in [0.25, 0.3) is 0 Å². The van der Waals surface area contributed by atoms with E-state index in [0.717, 1.165) is 37.8 Å². The zero-order valence-corrected chi connectivity index (χ0v) is 11.6. The summed E-state index contributed by atoms with van der Waals surface area (Å²) in [4.78, 5) is 22.5. The second kappa shape index (κ2) is 9.97. The van der Waals surface area contributed by atoms with Crippen LogP contribution in [0.4, 0.5) is 0 Å². The van der Waals surface area contributed by atoms with Crippen molar-refractivity contribution in [2.24, 2.45) is 0 Å². The van der Waals surface area contributed by atoms with Crippen LogP contribution in [0, 0.1) is 0 Å². The number of hydroxylamine groups is 1. The molecule has 0 spiro atoms. The van der Waals surface area contributed by atoms with Gasteiger partial charge in [-0.05, 0) is 31.4 Å². The summed E-state index contributed by atoms with van der Waals surface area (Å²) in [5.74, 6) is -0.341. The van der Waals surface area contributed by atoms with Gasteiger partial charge in [0.15, 0.2) is 0 Å². The molecule has 2 amide bonds. The summed E-state index contributed by atoms with van der Waals surface area (Å²) >= 11 is 0. The van der Waals surface area contributed by atoms with E-state index in [0.29, 0.717) is 12.8 Å². The lowest BCUT2D eigenvalue weighted by Crippen LogP contribution is -2.21. The van der Waals surface area contributed by atoms with E-state index in [-0.39, 0.29) is 11.8 Å². The minimum absolute atomic E-state index is 0.0179. The van der Waals surface area contributed by atoms with Gasteiger partial charge in [-0.1, -0.05) is 31.1 Å². The van der Waals surface area contributed by atoms with Crippen LogP contribution in [-0.2, 0) is 9.59 Å². The highest BCUT2D eigenvalue weighted by Crippen LogP contribution is 2.07. The lowest BCUT2D eigenvalue weighted by molar-refractivity contribution is -0.129. The molecule has 0 aromatic rings. The van der Waals surface area contributed by atoms with Crippen molar-refractivity contribution >= 4 is 11.8 Å². The number of nitrogens with one attached hydrogen (secondary N) is 2. The van der Waals surface area contributed by atoms with Crippen molar-refractivity contribution in [3.8, 4) is 0 Å². The molecule has 0 atom stereocenters. The van der Waals surface area contributed by atoms with Crippen LogP contribution in [0.15, 0.2) is 36.1 Å². The minimum atomic E-state index is -0.358. The van der Waals surface area contributed by atoms with Crippen LogP contribution in [0.25, 0.3) is 0 Å². The molecule has 0 saturated carbocycles. The fourth-order valence-corrected chi connectivity index (χ4v) is 1.87. The smallest absolute Gasteiger partial charge is 0.243 e. The average molecular weight is 278 g/mol. The highest BCUT2D eigenvalue weighted by atomic mass is 16.5. The molecule has 1 aliphatic rings. The average Bonchev–Trinajstić information content (AvgIpc) is 2.70. The fraction of sp³-hybridized carbons (Fsp3) is 0.467. The quantitative estimate of drug-likeness (QED) is 0.362. The Bertz CT molecular complexity index is 411. The lowest BCUT2D eigenvalue weighted by atomic mass is 10.1. The van der Waals surface area contributed by atoms with Crippen LogP contribution < -0.4 is 10.8 Å². The highest BCUT2D eigenvalue weighted by Gasteiger charge is 2.03. The van der Waals surface area contributed by atoms with Crippen molar-refractivity contribution in [2.75, 3.05) is 0 Å². The normalized spacial score (nSPS) is 13.6. The van der Waals surface area contributed by atoms with Gasteiger partial charge in [-0.2, -0.15) is 0 Å². The van der Waals surface area contributed by atoms with E-state index in [1.54, 1.807) is 5.48 Å². The van der Waals surface area contributed by atoms with Crippen LogP contribution in [0.2, 0.25) is 0 Å². The number of hydrogen-bond acceptors (Lipinski definition) is 3. The monoisotopic (exact) mass is 278 g/mol. The number of carbonyl (C=O) groups excluding carboxylic acids is 2. The van der Waals surface area contributed by atoms with Gasteiger partial charge in [0.05, 0.1) is 0 Å². The van der Waals surface area contributed by atoms with E-state index in [1.165, 1.54) is 0 Å². The first kappa shape index (κ1) is 16.2. The van der Waals surface area contributed by atoms with Crippen molar-refractivity contribution in [3.63, 3.8) is 0 Å². The Morgan fingerprint density at radius 1 is 1.05 bits per heavy atom. The molecule has 0 aromatic heterocycles. The molecule has 1 rings (SSSR count). The van der Waals surface area contributed by atoms with Crippen LogP contribution in [0.3, 0.4) is 0 Å². The Morgan fingerprint density at radius 3 is 2.45 bits per heavy atom. The number of allylic oxidation sites excluding steroid dienone is 5. The standard InChI is InChI=1S/C15H22N2O3/c18-14(16-13-9-5-1-2-6-10-13)11-7-3-4-8-12-15(19)17-20/h1,5-6,9-10,20H,2-4,7-8,11-12H2,(H,16,18)(H,17,19). The summed E-state index contributed by atoms with van der Waals surface area (Å²) in [5.41, 5.74) is 2.43. The molecule has 0 fully saturated rings. The number of hydrogen-bond donors (Lipinski definition) is 3. The summed E-state index contributed by atoms with van der Waals surface area (Å²) in [5, 5.41) is 11.2. The molecule has 0 unspecified atom stereocenters. The molecule has 0 saturated heterocycles. The number of rotatable bonds is 8. The summed E-state index contributed by atoms with van der Waals surface area (Å²) < 4.78 is 0. The third kappa shape index (κ3) is 7.53. The summed E-state index contributed by atoms with van der Waals surface area (Å²) in [6, 6.07) is 0. The Morgan fingerprint density at radius 2 is 1.75 bits per heavy atom. The maximum Gasteiger partial charge on any atom is 0.243 e. The van der Waals surface area contributed by atoms with Gasteiger partial charge in [0.2, 0.25) is 11.8 Å². The zero-order valence-electron chi connectivity index (χ0n) is 11.6. The van der Waals surface area contributed by atoms with Crippen molar-refractivity contribution < 1.29 is 14.8 Å². The number of unbranched alkanes of at least 4 members (excludes halogenated alkanes) is 3. The largest absolute Gasteiger partial charge is 0.326 e. The second-order valence-corrected chi connectivity index (χ2v) is 4.69. The Balaban J connectivity index is 2.07. The molecular formula is C15H22N2O3. The maximum absolute atomic E-state index is 11.7. The SMILES string of the molecule is O=C(CCCCCCC(=O)NC1=CC=CCC=C1)NO. The zero-order chi connectivity index (χ0) is 14.6. The van der Waals surface area contributed by atoms with Gasteiger partial charge >= 0.3 is 0 Å². The molecule has 1 aliphatic carbocycles. The van der Waals surface area contributed by atoms with Gasteiger partial charge in [-0.3, -0.25) is 14.8 Å². The molecule has 0 heterocycles. The van der Waals surface area contributed by atoms with Gasteiger partial charge in [0.1, 0.15) is 0 Å². The molecule has 5 nitrogen and oxygen atoms in total. The predicted molar refractivity (Wildman–Crippen MR) is 76.8 cm³/mol. The van der Waals surface area contributed by atoms with Gasteiger partial charge in [-0.15, -0.1) is 0 Å². The summed E-state index contributed by atoms with van der Waals surface area (Å²) in [6.45, 7) is 0. The fourth-order valence-electron chi connectivity index (χ4n) is 1.87. The van der Waals surface area contributed by atoms with Crippen molar-refractivity contribution in [3.05, 3.63) is 36.1 Å². The van der Waals surface area contributed by atoms with E-state index >= 15 is 0 Å². The Hall–Kier alpha value is -1.88. The van der Waals surface area contributed by atoms with E-state index < -0.39 is 0 Å². The summed E-state index contributed by atoms with van der Waals surface area (Å²) in [7, 11) is 0. The van der Waals surface area contributed by atoms with Crippen LogP contribution in [0.1, 0.15) is 44.9 Å². The number of carbonyl (C=O) groups is 2.